The Morgan fingerprint density at radius 1 is 1.10 bits per heavy atom. The largest absolute Gasteiger partial charge is 0.396 e. The SMILES string of the molecule is OCCc1ccnc(-c2ncc(-c3ccc(F)cc3)s2)c1. The van der Waals surface area contributed by atoms with Gasteiger partial charge in [0.1, 0.15) is 10.8 Å². The third-order valence-electron chi connectivity index (χ3n) is 3.08. The molecule has 0 saturated heterocycles. The molecule has 3 rings (SSSR count). The average molecular weight is 300 g/mol. The van der Waals surface area contributed by atoms with Crippen molar-refractivity contribution in [2.24, 2.45) is 0 Å². The molecule has 0 saturated carbocycles. The monoisotopic (exact) mass is 300 g/mol. The van der Waals surface area contributed by atoms with Gasteiger partial charge in [0, 0.05) is 19.0 Å². The second kappa shape index (κ2) is 6.11. The first-order chi connectivity index (χ1) is 10.3. The zero-order valence-corrected chi connectivity index (χ0v) is 12.0. The number of aliphatic hydroxyl groups excluding tert-OH is 1. The van der Waals surface area contributed by atoms with Crippen molar-refractivity contribution in [3.63, 3.8) is 0 Å². The van der Waals surface area contributed by atoms with Gasteiger partial charge in [-0.2, -0.15) is 0 Å². The van der Waals surface area contributed by atoms with E-state index in [1.807, 2.05) is 12.1 Å². The van der Waals surface area contributed by atoms with Crippen molar-refractivity contribution in [2.75, 3.05) is 6.61 Å². The van der Waals surface area contributed by atoms with Crippen LogP contribution in [0.5, 0.6) is 0 Å². The molecular formula is C16H13FN2OS. The molecule has 0 aliphatic heterocycles. The molecule has 0 fully saturated rings. The van der Waals surface area contributed by atoms with Crippen molar-refractivity contribution in [1.82, 2.24) is 9.97 Å². The van der Waals surface area contributed by atoms with E-state index in [1.54, 1.807) is 24.5 Å². The minimum atomic E-state index is -0.248. The number of aromatic nitrogens is 2. The van der Waals surface area contributed by atoms with Crippen molar-refractivity contribution in [2.45, 2.75) is 6.42 Å². The maximum Gasteiger partial charge on any atom is 0.142 e. The number of hydrogen-bond acceptors (Lipinski definition) is 4. The molecule has 1 N–H and O–H groups in total. The first kappa shape index (κ1) is 13.9. The van der Waals surface area contributed by atoms with Crippen LogP contribution >= 0.6 is 11.3 Å². The summed E-state index contributed by atoms with van der Waals surface area (Å²) in [7, 11) is 0. The van der Waals surface area contributed by atoms with Crippen molar-refractivity contribution in [1.29, 1.82) is 0 Å². The van der Waals surface area contributed by atoms with Gasteiger partial charge >= 0.3 is 0 Å². The van der Waals surface area contributed by atoms with E-state index < -0.39 is 0 Å². The normalized spacial score (nSPS) is 10.8. The molecule has 0 atom stereocenters. The van der Waals surface area contributed by atoms with E-state index in [1.165, 1.54) is 23.5 Å². The maximum atomic E-state index is 12.9. The second-order valence-electron chi connectivity index (χ2n) is 4.56. The van der Waals surface area contributed by atoms with Gasteiger partial charge in [-0.1, -0.05) is 12.1 Å². The molecule has 2 heterocycles. The van der Waals surface area contributed by atoms with Crippen LogP contribution in [0.25, 0.3) is 21.1 Å². The van der Waals surface area contributed by atoms with Gasteiger partial charge in [0.15, 0.2) is 0 Å². The lowest BCUT2D eigenvalue weighted by atomic mass is 10.2. The summed E-state index contributed by atoms with van der Waals surface area (Å²) < 4.78 is 12.9. The minimum Gasteiger partial charge on any atom is -0.396 e. The summed E-state index contributed by atoms with van der Waals surface area (Å²) in [6.45, 7) is 0.113. The van der Waals surface area contributed by atoms with Crippen molar-refractivity contribution >= 4 is 11.3 Å². The third-order valence-corrected chi connectivity index (χ3v) is 4.15. The Labute approximate surface area is 125 Å². The van der Waals surface area contributed by atoms with E-state index in [0.717, 1.165) is 26.7 Å². The number of pyridine rings is 1. The highest BCUT2D eigenvalue weighted by Gasteiger charge is 2.08. The van der Waals surface area contributed by atoms with E-state index >= 15 is 0 Å². The number of rotatable bonds is 4. The molecule has 0 aliphatic rings. The van der Waals surface area contributed by atoms with Gasteiger partial charge in [-0.3, -0.25) is 4.98 Å². The van der Waals surface area contributed by atoms with Gasteiger partial charge in [-0.05, 0) is 41.8 Å². The lowest BCUT2D eigenvalue weighted by Crippen LogP contribution is -1.92. The van der Waals surface area contributed by atoms with Crippen LogP contribution in [0, 0.1) is 5.82 Å². The summed E-state index contributed by atoms with van der Waals surface area (Å²) >= 11 is 1.51. The van der Waals surface area contributed by atoms with Crippen molar-refractivity contribution in [3.05, 3.63) is 60.2 Å². The van der Waals surface area contributed by atoms with Crippen LogP contribution in [0.2, 0.25) is 0 Å². The molecule has 3 nitrogen and oxygen atoms in total. The highest BCUT2D eigenvalue weighted by atomic mass is 32.1. The number of halogens is 1. The van der Waals surface area contributed by atoms with Gasteiger partial charge in [0.2, 0.25) is 0 Å². The molecule has 0 spiro atoms. The second-order valence-corrected chi connectivity index (χ2v) is 5.59. The minimum absolute atomic E-state index is 0.113. The number of nitrogens with zero attached hydrogens (tertiary/aromatic N) is 2. The molecule has 0 amide bonds. The zero-order valence-electron chi connectivity index (χ0n) is 11.2. The highest BCUT2D eigenvalue weighted by Crippen LogP contribution is 2.31. The summed E-state index contributed by atoms with van der Waals surface area (Å²) in [5.74, 6) is -0.248. The molecule has 0 aliphatic carbocycles. The summed E-state index contributed by atoms with van der Waals surface area (Å²) in [5.41, 5.74) is 2.76. The molecule has 0 radical (unpaired) electrons. The van der Waals surface area contributed by atoms with Gasteiger partial charge < -0.3 is 5.11 Å². The molecule has 106 valence electrons. The van der Waals surface area contributed by atoms with Crippen LogP contribution in [0.15, 0.2) is 48.8 Å². The summed E-state index contributed by atoms with van der Waals surface area (Å²) in [6.07, 6.45) is 4.10. The lowest BCUT2D eigenvalue weighted by molar-refractivity contribution is 0.299. The predicted octanol–water partition coefficient (Wildman–Crippen LogP) is 3.55. The van der Waals surface area contributed by atoms with Crippen LogP contribution in [0.1, 0.15) is 5.56 Å². The fraction of sp³-hybridized carbons (Fsp3) is 0.125. The van der Waals surface area contributed by atoms with Gasteiger partial charge in [0.05, 0.1) is 10.6 Å². The molecule has 0 unspecified atom stereocenters. The number of benzene rings is 1. The Hall–Kier alpha value is -2.11. The van der Waals surface area contributed by atoms with Gasteiger partial charge in [-0.15, -0.1) is 11.3 Å². The Bertz CT molecular complexity index is 740. The highest BCUT2D eigenvalue weighted by molar-refractivity contribution is 7.18. The topological polar surface area (TPSA) is 46.0 Å². The van der Waals surface area contributed by atoms with E-state index in [9.17, 15) is 4.39 Å². The number of thiazole rings is 1. The molecular weight excluding hydrogens is 287 g/mol. The van der Waals surface area contributed by atoms with Crippen LogP contribution in [-0.4, -0.2) is 21.7 Å². The van der Waals surface area contributed by atoms with E-state index in [0.29, 0.717) is 6.42 Å². The molecule has 2 aromatic heterocycles. The number of aliphatic hydroxyl groups is 1. The van der Waals surface area contributed by atoms with Crippen molar-refractivity contribution in [3.8, 4) is 21.1 Å². The molecule has 21 heavy (non-hydrogen) atoms. The first-order valence-corrected chi connectivity index (χ1v) is 7.36. The summed E-state index contributed by atoms with van der Waals surface area (Å²) in [4.78, 5) is 9.68. The fourth-order valence-corrected chi connectivity index (χ4v) is 2.91. The van der Waals surface area contributed by atoms with E-state index in [-0.39, 0.29) is 12.4 Å². The third kappa shape index (κ3) is 3.15. The standard InChI is InChI=1S/C16H13FN2OS/c17-13-3-1-12(2-4-13)15-10-19-16(21-15)14-9-11(6-8-20)5-7-18-14/h1-5,7,9-10,20H,6,8H2. The predicted molar refractivity (Wildman–Crippen MR) is 81.5 cm³/mol. The lowest BCUT2D eigenvalue weighted by Gasteiger charge is -2.00. The Kier molecular flexibility index (Phi) is 4.03. The average Bonchev–Trinajstić information content (AvgIpc) is 2.98. The van der Waals surface area contributed by atoms with Crippen molar-refractivity contribution < 1.29 is 9.50 Å². The van der Waals surface area contributed by atoms with Crippen LogP contribution in [-0.2, 0) is 6.42 Å². The Morgan fingerprint density at radius 2 is 1.90 bits per heavy atom. The van der Waals surface area contributed by atoms with Crippen LogP contribution < -0.4 is 0 Å². The van der Waals surface area contributed by atoms with Gasteiger partial charge in [-0.25, -0.2) is 9.37 Å². The summed E-state index contributed by atoms with van der Waals surface area (Å²) in [5, 5.41) is 9.81. The molecule has 0 bridgehead atoms. The smallest absolute Gasteiger partial charge is 0.142 e. The Morgan fingerprint density at radius 3 is 2.67 bits per heavy atom. The molecule has 3 aromatic rings. The van der Waals surface area contributed by atoms with E-state index in [4.69, 9.17) is 5.11 Å². The van der Waals surface area contributed by atoms with E-state index in [2.05, 4.69) is 9.97 Å². The summed E-state index contributed by atoms with van der Waals surface area (Å²) in [6, 6.07) is 10.2. The first-order valence-electron chi connectivity index (χ1n) is 6.54. The number of hydrogen-bond donors (Lipinski definition) is 1. The van der Waals surface area contributed by atoms with Crippen LogP contribution in [0.4, 0.5) is 4.39 Å². The van der Waals surface area contributed by atoms with Crippen LogP contribution in [0.3, 0.4) is 0 Å². The fourth-order valence-electron chi connectivity index (χ4n) is 2.02. The molecule has 1 aromatic carbocycles. The van der Waals surface area contributed by atoms with Gasteiger partial charge in [0.25, 0.3) is 0 Å². The Balaban J connectivity index is 1.91. The zero-order chi connectivity index (χ0) is 14.7. The molecule has 5 heteroatoms. The maximum absolute atomic E-state index is 12.9. The quantitative estimate of drug-likeness (QED) is 0.801.